The molecule has 0 spiro atoms. The Hall–Kier alpha value is -2.29. The summed E-state index contributed by atoms with van der Waals surface area (Å²) in [7, 11) is 1.66. The average molecular weight is 384 g/mol. The first kappa shape index (κ1) is 19.0. The topological polar surface area (TPSA) is 95.3 Å². The van der Waals surface area contributed by atoms with Crippen molar-refractivity contribution < 1.29 is 9.90 Å². The minimum Gasteiger partial charge on any atom is -0.393 e. The molecule has 8 heteroatoms. The molecule has 28 heavy (non-hydrogen) atoms. The van der Waals surface area contributed by atoms with Gasteiger partial charge < -0.3 is 15.7 Å². The fraction of sp³-hybridized carbons (Fsp3) is 0.550. The number of likely N-dealkylation sites (N-methyl/N-ethyl adjacent to an activating group) is 1. The number of amides is 1. The van der Waals surface area contributed by atoms with E-state index < -0.39 is 0 Å². The van der Waals surface area contributed by atoms with Crippen molar-refractivity contribution in [2.75, 3.05) is 26.7 Å². The van der Waals surface area contributed by atoms with Gasteiger partial charge >= 0.3 is 0 Å². The molecule has 2 atom stereocenters. The van der Waals surface area contributed by atoms with Crippen molar-refractivity contribution in [1.82, 2.24) is 30.5 Å². The van der Waals surface area contributed by atoms with Crippen molar-refractivity contribution in [3.63, 3.8) is 0 Å². The summed E-state index contributed by atoms with van der Waals surface area (Å²) in [4.78, 5) is 14.2. The van der Waals surface area contributed by atoms with Crippen LogP contribution < -0.4 is 10.6 Å². The molecule has 0 saturated carbocycles. The molecule has 3 N–H and O–H groups in total. The van der Waals surface area contributed by atoms with Gasteiger partial charge in [0.1, 0.15) is 5.69 Å². The summed E-state index contributed by atoms with van der Waals surface area (Å²) in [6, 6.07) is 8.41. The van der Waals surface area contributed by atoms with Crippen molar-refractivity contribution in [3.05, 3.63) is 36.0 Å². The highest BCUT2D eigenvalue weighted by Gasteiger charge is 2.30. The van der Waals surface area contributed by atoms with E-state index in [1.165, 1.54) is 5.56 Å². The molecule has 2 aliphatic rings. The first-order valence-electron chi connectivity index (χ1n) is 9.99. The second kappa shape index (κ2) is 8.38. The molecule has 2 aromatic rings. The highest BCUT2D eigenvalue weighted by molar-refractivity contribution is 5.81. The van der Waals surface area contributed by atoms with Crippen molar-refractivity contribution in [2.24, 2.45) is 0 Å². The molecule has 8 nitrogen and oxygen atoms in total. The zero-order chi connectivity index (χ0) is 19.5. The molecule has 0 aliphatic carbocycles. The monoisotopic (exact) mass is 384 g/mol. The quantitative estimate of drug-likeness (QED) is 0.697. The largest absolute Gasteiger partial charge is 0.393 e. The maximum Gasteiger partial charge on any atom is 0.236 e. The number of nitrogens with one attached hydrogen (secondary N) is 2. The Labute approximate surface area is 164 Å². The van der Waals surface area contributed by atoms with Gasteiger partial charge in [-0.15, -0.1) is 5.10 Å². The van der Waals surface area contributed by atoms with Crippen LogP contribution in [-0.4, -0.2) is 69.7 Å². The predicted molar refractivity (Wildman–Crippen MR) is 105 cm³/mol. The second-order valence-electron chi connectivity index (χ2n) is 7.75. The Morgan fingerprint density at radius 2 is 2.04 bits per heavy atom. The summed E-state index contributed by atoms with van der Waals surface area (Å²) in [5, 5.41) is 24.1. The Kier molecular flexibility index (Phi) is 5.70. The highest BCUT2D eigenvalue weighted by atomic mass is 16.3. The van der Waals surface area contributed by atoms with E-state index in [0.717, 1.165) is 43.7 Å². The molecule has 2 aliphatic heterocycles. The summed E-state index contributed by atoms with van der Waals surface area (Å²) in [6.45, 7) is 3.52. The molecule has 3 heterocycles. The number of hydrogen-bond acceptors (Lipinski definition) is 6. The van der Waals surface area contributed by atoms with Gasteiger partial charge in [0.2, 0.25) is 5.91 Å². The molecule has 0 bridgehead atoms. The number of aliphatic hydroxyl groups excluding tert-OH is 1. The van der Waals surface area contributed by atoms with Crippen LogP contribution in [-0.2, 0) is 11.3 Å². The van der Waals surface area contributed by atoms with Gasteiger partial charge in [0.05, 0.1) is 24.4 Å². The van der Waals surface area contributed by atoms with Gasteiger partial charge in [-0.1, -0.05) is 29.5 Å². The van der Waals surface area contributed by atoms with Crippen LogP contribution in [0.4, 0.5) is 0 Å². The minimum atomic E-state index is -0.169. The van der Waals surface area contributed by atoms with Crippen LogP contribution in [0.2, 0.25) is 0 Å². The number of aliphatic hydroxyl groups is 1. The van der Waals surface area contributed by atoms with Gasteiger partial charge in [-0.05, 0) is 24.8 Å². The summed E-state index contributed by atoms with van der Waals surface area (Å²) in [6.07, 6.45) is 4.25. The number of aromatic nitrogens is 3. The molecule has 1 amide bonds. The van der Waals surface area contributed by atoms with Crippen LogP contribution in [0.3, 0.4) is 0 Å². The number of carbonyl (C=O) groups excluding carboxylic acids is 1. The van der Waals surface area contributed by atoms with Gasteiger partial charge in [0.15, 0.2) is 0 Å². The molecular weight excluding hydrogens is 356 g/mol. The smallest absolute Gasteiger partial charge is 0.236 e. The zero-order valence-electron chi connectivity index (χ0n) is 16.2. The summed E-state index contributed by atoms with van der Waals surface area (Å²) in [5.74, 6) is 0.0154. The maximum atomic E-state index is 11.8. The first-order valence-corrected chi connectivity index (χ1v) is 9.99. The van der Waals surface area contributed by atoms with Gasteiger partial charge in [0.25, 0.3) is 0 Å². The van der Waals surface area contributed by atoms with Crippen LogP contribution in [0.15, 0.2) is 30.5 Å². The molecule has 150 valence electrons. The Morgan fingerprint density at radius 3 is 2.75 bits per heavy atom. The molecule has 1 aromatic heterocycles. The van der Waals surface area contributed by atoms with Crippen molar-refractivity contribution in [3.8, 4) is 11.3 Å². The van der Waals surface area contributed by atoms with Crippen molar-refractivity contribution >= 4 is 5.91 Å². The van der Waals surface area contributed by atoms with Crippen LogP contribution in [0.5, 0.6) is 0 Å². The third kappa shape index (κ3) is 4.24. The maximum absolute atomic E-state index is 11.8. The molecule has 1 aromatic carbocycles. The number of rotatable bonds is 5. The van der Waals surface area contributed by atoms with E-state index in [-0.39, 0.29) is 24.1 Å². The standard InChI is InChI=1S/C20H28N6O2/c1-21-20(28)18-10-16(11-22-18)26-13-19(23-24-26)15-4-2-14(3-5-15)12-25-8-6-17(27)7-9-25/h2-5,13,16-18,22,27H,6-12H2,1H3,(H,21,28)/t16-,18+/m1/s1. The van der Waals surface area contributed by atoms with Crippen LogP contribution in [0.25, 0.3) is 11.3 Å². The Morgan fingerprint density at radius 1 is 1.29 bits per heavy atom. The molecule has 4 rings (SSSR count). The summed E-state index contributed by atoms with van der Waals surface area (Å²) >= 11 is 0. The minimum absolute atomic E-state index is 0.0154. The van der Waals surface area contributed by atoms with Crippen LogP contribution >= 0.6 is 0 Å². The van der Waals surface area contributed by atoms with E-state index in [2.05, 4.69) is 50.1 Å². The predicted octanol–water partition coefficient (Wildman–Crippen LogP) is 0.551. The number of hydrogen-bond donors (Lipinski definition) is 3. The van der Waals surface area contributed by atoms with Gasteiger partial charge in [-0.3, -0.25) is 9.69 Å². The van der Waals surface area contributed by atoms with E-state index in [4.69, 9.17) is 0 Å². The normalized spacial score (nSPS) is 23.8. The fourth-order valence-corrected chi connectivity index (χ4v) is 4.00. The number of benzene rings is 1. The van der Waals surface area contributed by atoms with Crippen molar-refractivity contribution in [2.45, 2.75) is 44.0 Å². The Bertz CT molecular complexity index is 797. The van der Waals surface area contributed by atoms with Gasteiger partial charge in [-0.2, -0.15) is 0 Å². The lowest BCUT2D eigenvalue weighted by atomic mass is 10.1. The lowest BCUT2D eigenvalue weighted by Gasteiger charge is -2.29. The van der Waals surface area contributed by atoms with E-state index >= 15 is 0 Å². The van der Waals surface area contributed by atoms with Gasteiger partial charge in [0, 0.05) is 38.8 Å². The van der Waals surface area contributed by atoms with E-state index in [1.807, 2.05) is 10.9 Å². The zero-order valence-corrected chi connectivity index (χ0v) is 16.2. The molecule has 0 radical (unpaired) electrons. The number of likely N-dealkylation sites (tertiary alicyclic amines) is 1. The van der Waals surface area contributed by atoms with Gasteiger partial charge in [-0.25, -0.2) is 4.68 Å². The Balaban J connectivity index is 1.37. The SMILES string of the molecule is CNC(=O)[C@@H]1C[C@@H](n2cc(-c3ccc(CN4CCC(O)CC4)cc3)nn2)CN1. The fourth-order valence-electron chi connectivity index (χ4n) is 4.00. The molecule has 2 fully saturated rings. The van der Waals surface area contributed by atoms with E-state index in [1.54, 1.807) is 7.05 Å². The number of piperidine rings is 1. The third-order valence-corrected chi connectivity index (χ3v) is 5.77. The summed E-state index contributed by atoms with van der Waals surface area (Å²) in [5.41, 5.74) is 3.15. The lowest BCUT2D eigenvalue weighted by molar-refractivity contribution is -0.122. The molecule has 2 saturated heterocycles. The van der Waals surface area contributed by atoms with E-state index in [0.29, 0.717) is 13.0 Å². The third-order valence-electron chi connectivity index (χ3n) is 5.77. The second-order valence-corrected chi connectivity index (χ2v) is 7.75. The van der Waals surface area contributed by atoms with Crippen LogP contribution in [0.1, 0.15) is 30.9 Å². The molecular formula is C20H28N6O2. The van der Waals surface area contributed by atoms with Crippen LogP contribution in [0, 0.1) is 0 Å². The first-order chi connectivity index (χ1) is 13.6. The molecule has 0 unspecified atom stereocenters. The number of carbonyl (C=O) groups is 1. The van der Waals surface area contributed by atoms with Crippen molar-refractivity contribution in [1.29, 1.82) is 0 Å². The average Bonchev–Trinajstić information content (AvgIpc) is 3.39. The number of nitrogens with zero attached hydrogens (tertiary/aromatic N) is 4. The lowest BCUT2D eigenvalue weighted by Crippen LogP contribution is -2.38. The highest BCUT2D eigenvalue weighted by Crippen LogP contribution is 2.23. The summed E-state index contributed by atoms with van der Waals surface area (Å²) < 4.78 is 1.86. The van der Waals surface area contributed by atoms with E-state index in [9.17, 15) is 9.90 Å².